The van der Waals surface area contributed by atoms with E-state index in [2.05, 4.69) is 45.7 Å². The van der Waals surface area contributed by atoms with Gasteiger partial charge in [-0.1, -0.05) is 48.7 Å². The maximum atomic E-state index is 6.48. The van der Waals surface area contributed by atoms with E-state index in [1.54, 1.807) is 0 Å². The quantitative estimate of drug-likeness (QED) is 0.453. The molecule has 2 aromatic heterocycles. The molecule has 5 nitrogen and oxygen atoms in total. The molecule has 4 aromatic rings. The molecule has 0 aliphatic heterocycles. The van der Waals surface area contributed by atoms with Crippen molar-refractivity contribution in [2.24, 2.45) is 0 Å². The average molecular weight is 401 g/mol. The Kier molecular flexibility index (Phi) is 5.14. The van der Waals surface area contributed by atoms with Gasteiger partial charge in [0.15, 0.2) is 5.76 Å². The van der Waals surface area contributed by atoms with Gasteiger partial charge in [0.25, 0.3) is 0 Å². The summed E-state index contributed by atoms with van der Waals surface area (Å²) >= 11 is 12.9. The number of halogens is 2. The van der Waals surface area contributed by atoms with Gasteiger partial charge in [-0.15, -0.1) is 10.2 Å². The SMILES string of the molecule is CCCc1ccc(CCc2cc3oc(-c4nn[nH]n4)cc3cc2Cl)cc1Cl. The zero-order valence-electron chi connectivity index (χ0n) is 14.8. The van der Waals surface area contributed by atoms with Gasteiger partial charge in [-0.2, -0.15) is 5.21 Å². The summed E-state index contributed by atoms with van der Waals surface area (Å²) in [5.41, 5.74) is 4.19. The van der Waals surface area contributed by atoms with Crippen LogP contribution < -0.4 is 0 Å². The van der Waals surface area contributed by atoms with E-state index in [0.717, 1.165) is 52.3 Å². The Morgan fingerprint density at radius 1 is 0.963 bits per heavy atom. The third kappa shape index (κ3) is 3.84. The predicted octanol–water partition coefficient (Wildman–Crippen LogP) is 5.66. The smallest absolute Gasteiger partial charge is 0.239 e. The van der Waals surface area contributed by atoms with Crippen LogP contribution in [0.25, 0.3) is 22.6 Å². The predicted molar refractivity (Wildman–Crippen MR) is 107 cm³/mol. The van der Waals surface area contributed by atoms with E-state index in [-0.39, 0.29) is 0 Å². The van der Waals surface area contributed by atoms with Crippen molar-refractivity contribution in [1.29, 1.82) is 0 Å². The van der Waals surface area contributed by atoms with E-state index in [0.29, 0.717) is 11.6 Å². The number of aryl methyl sites for hydroxylation is 3. The number of nitrogens with zero attached hydrogens (tertiary/aromatic N) is 3. The molecule has 138 valence electrons. The molecule has 0 fully saturated rings. The number of fused-ring (bicyclic) bond motifs is 1. The number of H-pyrrole nitrogens is 1. The van der Waals surface area contributed by atoms with Crippen LogP contribution in [0, 0.1) is 0 Å². The van der Waals surface area contributed by atoms with E-state index in [1.165, 1.54) is 11.1 Å². The second kappa shape index (κ2) is 7.71. The Labute approximate surface area is 166 Å². The average Bonchev–Trinajstić information content (AvgIpc) is 3.31. The fourth-order valence-electron chi connectivity index (χ4n) is 3.17. The van der Waals surface area contributed by atoms with Gasteiger partial charge in [0.1, 0.15) is 5.58 Å². The number of aromatic nitrogens is 4. The summed E-state index contributed by atoms with van der Waals surface area (Å²) in [7, 11) is 0. The van der Waals surface area contributed by atoms with Gasteiger partial charge in [-0.05, 0) is 65.4 Å². The zero-order chi connectivity index (χ0) is 18.8. The van der Waals surface area contributed by atoms with E-state index in [4.69, 9.17) is 27.6 Å². The summed E-state index contributed by atoms with van der Waals surface area (Å²) in [6.07, 6.45) is 3.75. The van der Waals surface area contributed by atoms with Crippen molar-refractivity contribution in [2.45, 2.75) is 32.6 Å². The topological polar surface area (TPSA) is 67.6 Å². The Bertz CT molecular complexity index is 1070. The molecule has 2 aromatic carbocycles. The minimum absolute atomic E-state index is 0.422. The molecule has 0 radical (unpaired) electrons. The summed E-state index contributed by atoms with van der Waals surface area (Å²) in [6.45, 7) is 2.15. The lowest BCUT2D eigenvalue weighted by molar-refractivity contribution is 0.625. The van der Waals surface area contributed by atoms with Gasteiger partial charge in [0, 0.05) is 15.4 Å². The van der Waals surface area contributed by atoms with E-state index in [1.807, 2.05) is 18.2 Å². The van der Waals surface area contributed by atoms with Crippen molar-refractivity contribution in [3.63, 3.8) is 0 Å². The number of nitrogens with one attached hydrogen (secondary N) is 1. The maximum Gasteiger partial charge on any atom is 0.239 e. The van der Waals surface area contributed by atoms with Crippen molar-refractivity contribution in [3.05, 3.63) is 63.1 Å². The van der Waals surface area contributed by atoms with Gasteiger partial charge >= 0.3 is 0 Å². The number of hydrogen-bond acceptors (Lipinski definition) is 4. The molecule has 27 heavy (non-hydrogen) atoms. The maximum absolute atomic E-state index is 6.48. The van der Waals surface area contributed by atoms with Crippen molar-refractivity contribution in [3.8, 4) is 11.6 Å². The number of tetrazole rings is 1. The first-order chi connectivity index (χ1) is 13.1. The summed E-state index contributed by atoms with van der Waals surface area (Å²) in [6, 6.07) is 12.1. The Morgan fingerprint density at radius 3 is 2.56 bits per heavy atom. The molecular formula is C20H18Cl2N4O. The Balaban J connectivity index is 1.55. The Hall–Kier alpha value is -2.37. The molecule has 7 heteroatoms. The van der Waals surface area contributed by atoms with Crippen molar-refractivity contribution < 1.29 is 4.42 Å². The molecule has 0 aliphatic carbocycles. The lowest BCUT2D eigenvalue weighted by Crippen LogP contribution is -1.94. The summed E-state index contributed by atoms with van der Waals surface area (Å²) in [4.78, 5) is 0. The van der Waals surface area contributed by atoms with Crippen LogP contribution >= 0.6 is 23.2 Å². The fraction of sp³-hybridized carbons (Fsp3) is 0.250. The Morgan fingerprint density at radius 2 is 1.81 bits per heavy atom. The monoisotopic (exact) mass is 400 g/mol. The number of aromatic amines is 1. The van der Waals surface area contributed by atoms with Crippen LogP contribution in [0.5, 0.6) is 0 Å². The highest BCUT2D eigenvalue weighted by atomic mass is 35.5. The molecule has 1 N–H and O–H groups in total. The van der Waals surface area contributed by atoms with Crippen molar-refractivity contribution in [2.75, 3.05) is 0 Å². The van der Waals surface area contributed by atoms with Crippen molar-refractivity contribution >= 4 is 34.2 Å². The van der Waals surface area contributed by atoms with Crippen LogP contribution in [0.3, 0.4) is 0 Å². The van der Waals surface area contributed by atoms with Gasteiger partial charge in [-0.3, -0.25) is 0 Å². The standard InChI is InChI=1S/C20H18Cl2N4O/c1-2-3-13-6-4-12(8-16(13)21)5-7-14-10-18-15(9-17(14)22)11-19(27-18)20-23-25-26-24-20/h4,6,8-11H,2-3,5,7H2,1H3,(H,23,24,25,26). The summed E-state index contributed by atoms with van der Waals surface area (Å²) < 4.78 is 5.86. The van der Waals surface area contributed by atoms with Crippen LogP contribution in [-0.2, 0) is 19.3 Å². The molecule has 0 aliphatic rings. The minimum atomic E-state index is 0.422. The first kappa shape index (κ1) is 18.0. The summed E-state index contributed by atoms with van der Waals surface area (Å²) in [5, 5.41) is 16.3. The highest BCUT2D eigenvalue weighted by Gasteiger charge is 2.13. The van der Waals surface area contributed by atoms with Crippen LogP contribution in [0.15, 0.2) is 40.8 Å². The highest BCUT2D eigenvalue weighted by molar-refractivity contribution is 6.32. The fourth-order valence-corrected chi connectivity index (χ4v) is 3.73. The molecule has 0 atom stereocenters. The molecule has 0 spiro atoms. The molecule has 0 unspecified atom stereocenters. The number of benzene rings is 2. The lowest BCUT2D eigenvalue weighted by atomic mass is 10.0. The molecule has 4 rings (SSSR count). The lowest BCUT2D eigenvalue weighted by Gasteiger charge is -2.08. The van der Waals surface area contributed by atoms with Gasteiger partial charge in [-0.25, -0.2) is 0 Å². The number of hydrogen-bond donors (Lipinski definition) is 1. The molecule has 0 saturated carbocycles. The summed E-state index contributed by atoms with van der Waals surface area (Å²) in [5.74, 6) is 0.982. The van der Waals surface area contributed by atoms with E-state index in [9.17, 15) is 0 Å². The number of furan rings is 1. The van der Waals surface area contributed by atoms with Crippen LogP contribution in [0.4, 0.5) is 0 Å². The van der Waals surface area contributed by atoms with Crippen LogP contribution in [-0.4, -0.2) is 20.6 Å². The van der Waals surface area contributed by atoms with Gasteiger partial charge in [0.05, 0.1) is 0 Å². The normalized spacial score (nSPS) is 11.4. The minimum Gasteiger partial charge on any atom is -0.453 e. The zero-order valence-corrected chi connectivity index (χ0v) is 16.3. The van der Waals surface area contributed by atoms with E-state index < -0.39 is 0 Å². The van der Waals surface area contributed by atoms with Crippen LogP contribution in [0.2, 0.25) is 10.0 Å². The van der Waals surface area contributed by atoms with Gasteiger partial charge < -0.3 is 4.42 Å². The second-order valence-electron chi connectivity index (χ2n) is 6.50. The van der Waals surface area contributed by atoms with Crippen LogP contribution in [0.1, 0.15) is 30.0 Å². The van der Waals surface area contributed by atoms with Gasteiger partial charge in [0.2, 0.25) is 5.82 Å². The highest BCUT2D eigenvalue weighted by Crippen LogP contribution is 2.31. The van der Waals surface area contributed by atoms with Crippen molar-refractivity contribution in [1.82, 2.24) is 20.6 Å². The third-order valence-electron chi connectivity index (χ3n) is 4.57. The third-order valence-corrected chi connectivity index (χ3v) is 5.27. The molecule has 0 bridgehead atoms. The first-order valence-corrected chi connectivity index (χ1v) is 9.62. The largest absolute Gasteiger partial charge is 0.453 e. The first-order valence-electron chi connectivity index (χ1n) is 8.87. The number of rotatable bonds is 6. The molecular weight excluding hydrogens is 383 g/mol. The molecule has 0 saturated heterocycles. The second-order valence-corrected chi connectivity index (χ2v) is 7.32. The molecule has 2 heterocycles. The van der Waals surface area contributed by atoms with E-state index >= 15 is 0 Å². The molecule has 0 amide bonds.